The van der Waals surface area contributed by atoms with Crippen LogP contribution in [0.25, 0.3) is 0 Å². The molecule has 1 aliphatic rings. The maximum atomic E-state index is 11.9. The summed E-state index contributed by atoms with van der Waals surface area (Å²) in [6, 6.07) is 6.97. The number of hydrogen-bond acceptors (Lipinski definition) is 2. The van der Waals surface area contributed by atoms with Crippen LogP contribution in [0.15, 0.2) is 24.3 Å². The Morgan fingerprint density at radius 2 is 2.16 bits per heavy atom. The van der Waals surface area contributed by atoms with Gasteiger partial charge < -0.3 is 10.2 Å². The van der Waals surface area contributed by atoms with Crippen molar-refractivity contribution in [2.45, 2.75) is 6.42 Å². The lowest BCUT2D eigenvalue weighted by Crippen LogP contribution is -2.33. The van der Waals surface area contributed by atoms with E-state index in [1.54, 1.807) is 29.2 Å². The second-order valence-electron chi connectivity index (χ2n) is 4.30. The molecule has 0 spiro atoms. The lowest BCUT2D eigenvalue weighted by atomic mass is 10.1. The first-order chi connectivity index (χ1) is 9.11. The van der Waals surface area contributed by atoms with Gasteiger partial charge >= 0.3 is 0 Å². The summed E-state index contributed by atoms with van der Waals surface area (Å²) in [7, 11) is 0. The number of terminal acetylenes is 1. The van der Waals surface area contributed by atoms with Gasteiger partial charge in [-0.25, -0.2) is 0 Å². The molecule has 98 valence electrons. The smallest absolute Gasteiger partial charge is 0.227 e. The summed E-state index contributed by atoms with van der Waals surface area (Å²) >= 11 is 5.80. The summed E-state index contributed by atoms with van der Waals surface area (Å²) in [6.07, 6.45) is 5.29. The van der Waals surface area contributed by atoms with Crippen molar-refractivity contribution >= 4 is 29.1 Å². The van der Waals surface area contributed by atoms with Crippen molar-refractivity contribution in [2.75, 3.05) is 18.0 Å². The predicted molar refractivity (Wildman–Crippen MR) is 73.8 cm³/mol. The van der Waals surface area contributed by atoms with Crippen LogP contribution < -0.4 is 10.2 Å². The van der Waals surface area contributed by atoms with Crippen LogP contribution in [0.4, 0.5) is 5.69 Å². The zero-order valence-electron chi connectivity index (χ0n) is 10.2. The molecule has 0 aromatic heterocycles. The molecular formula is C14H13ClN2O2. The van der Waals surface area contributed by atoms with E-state index in [-0.39, 0.29) is 30.7 Å². The van der Waals surface area contributed by atoms with Crippen molar-refractivity contribution in [3.05, 3.63) is 29.3 Å². The Morgan fingerprint density at radius 3 is 2.79 bits per heavy atom. The van der Waals surface area contributed by atoms with Gasteiger partial charge in [0.2, 0.25) is 11.8 Å². The normalized spacial score (nSPS) is 18.2. The number of nitrogens with one attached hydrogen (secondary N) is 1. The van der Waals surface area contributed by atoms with E-state index in [1.165, 1.54) is 0 Å². The fourth-order valence-corrected chi connectivity index (χ4v) is 2.16. The minimum absolute atomic E-state index is 0.0665. The van der Waals surface area contributed by atoms with Crippen LogP contribution >= 0.6 is 11.6 Å². The van der Waals surface area contributed by atoms with Crippen LogP contribution in [-0.2, 0) is 9.59 Å². The Hall–Kier alpha value is -1.99. The number of anilines is 1. The van der Waals surface area contributed by atoms with Crippen molar-refractivity contribution in [2.24, 2.45) is 5.92 Å². The van der Waals surface area contributed by atoms with Gasteiger partial charge in [-0.15, -0.1) is 6.42 Å². The van der Waals surface area contributed by atoms with E-state index in [0.29, 0.717) is 11.6 Å². The predicted octanol–water partition coefficient (Wildman–Crippen LogP) is 1.44. The Kier molecular flexibility index (Phi) is 4.08. The molecule has 2 amide bonds. The second kappa shape index (κ2) is 5.77. The highest BCUT2D eigenvalue weighted by molar-refractivity contribution is 6.30. The highest BCUT2D eigenvalue weighted by Crippen LogP contribution is 2.26. The Morgan fingerprint density at radius 1 is 1.47 bits per heavy atom. The molecule has 1 fully saturated rings. The number of rotatable bonds is 3. The Balaban J connectivity index is 2.05. The summed E-state index contributed by atoms with van der Waals surface area (Å²) in [5.41, 5.74) is 0.752. The van der Waals surface area contributed by atoms with Crippen LogP contribution in [0.1, 0.15) is 6.42 Å². The van der Waals surface area contributed by atoms with E-state index >= 15 is 0 Å². The maximum Gasteiger partial charge on any atom is 0.227 e. The third-order valence-corrected chi connectivity index (χ3v) is 3.25. The molecule has 1 aliphatic heterocycles. The number of hydrogen-bond donors (Lipinski definition) is 1. The average Bonchev–Trinajstić information content (AvgIpc) is 2.79. The minimum Gasteiger partial charge on any atom is -0.345 e. The van der Waals surface area contributed by atoms with Gasteiger partial charge in [-0.05, 0) is 24.3 Å². The molecule has 4 nitrogen and oxygen atoms in total. The number of carbonyl (C=O) groups is 2. The quantitative estimate of drug-likeness (QED) is 0.850. The van der Waals surface area contributed by atoms with Gasteiger partial charge in [0.1, 0.15) is 0 Å². The largest absolute Gasteiger partial charge is 0.345 e. The Labute approximate surface area is 116 Å². The SMILES string of the molecule is C#CCNC(=O)C1CC(=O)N(c2ccc(Cl)cc2)C1. The fraction of sp³-hybridized carbons (Fsp3) is 0.286. The second-order valence-corrected chi connectivity index (χ2v) is 4.74. The van der Waals surface area contributed by atoms with Crippen molar-refractivity contribution in [1.82, 2.24) is 5.32 Å². The minimum atomic E-state index is -0.350. The zero-order valence-corrected chi connectivity index (χ0v) is 11.0. The zero-order chi connectivity index (χ0) is 13.8. The first-order valence-electron chi connectivity index (χ1n) is 5.89. The fourth-order valence-electron chi connectivity index (χ4n) is 2.04. The maximum absolute atomic E-state index is 11.9. The number of benzene rings is 1. The summed E-state index contributed by atoms with van der Waals surface area (Å²) < 4.78 is 0. The number of carbonyl (C=O) groups excluding carboxylic acids is 2. The third kappa shape index (κ3) is 3.07. The lowest BCUT2D eigenvalue weighted by molar-refractivity contribution is -0.126. The van der Waals surface area contributed by atoms with Gasteiger partial charge in [0, 0.05) is 23.7 Å². The van der Waals surface area contributed by atoms with Crippen LogP contribution in [0.2, 0.25) is 5.02 Å². The van der Waals surface area contributed by atoms with E-state index in [9.17, 15) is 9.59 Å². The molecule has 19 heavy (non-hydrogen) atoms. The first-order valence-corrected chi connectivity index (χ1v) is 6.26. The summed E-state index contributed by atoms with van der Waals surface area (Å²) in [4.78, 5) is 25.3. The molecule has 1 N–H and O–H groups in total. The monoisotopic (exact) mass is 276 g/mol. The van der Waals surface area contributed by atoms with E-state index in [2.05, 4.69) is 11.2 Å². The molecule has 2 rings (SSSR count). The molecule has 1 aromatic carbocycles. The summed E-state index contributed by atoms with van der Waals surface area (Å²) in [5.74, 6) is 1.74. The molecule has 0 bridgehead atoms. The van der Waals surface area contributed by atoms with E-state index in [4.69, 9.17) is 18.0 Å². The highest BCUT2D eigenvalue weighted by atomic mass is 35.5. The van der Waals surface area contributed by atoms with Crippen LogP contribution in [0.3, 0.4) is 0 Å². The van der Waals surface area contributed by atoms with Crippen molar-refractivity contribution in [3.63, 3.8) is 0 Å². The van der Waals surface area contributed by atoms with Crippen molar-refractivity contribution in [1.29, 1.82) is 0 Å². The van der Waals surface area contributed by atoms with Crippen LogP contribution in [0, 0.1) is 18.3 Å². The number of nitrogens with zero attached hydrogens (tertiary/aromatic N) is 1. The molecule has 0 saturated carbocycles. The number of halogens is 1. The van der Waals surface area contributed by atoms with Gasteiger partial charge in [-0.2, -0.15) is 0 Å². The summed E-state index contributed by atoms with van der Waals surface area (Å²) in [6.45, 7) is 0.557. The number of amides is 2. The molecular weight excluding hydrogens is 264 g/mol. The van der Waals surface area contributed by atoms with E-state index in [1.807, 2.05) is 0 Å². The standard InChI is InChI=1S/C14H13ClN2O2/c1-2-7-16-14(19)10-8-13(18)17(9-10)12-5-3-11(15)4-6-12/h1,3-6,10H,7-9H2,(H,16,19). The third-order valence-electron chi connectivity index (χ3n) is 3.00. The van der Waals surface area contributed by atoms with E-state index in [0.717, 1.165) is 5.69 Å². The molecule has 5 heteroatoms. The Bertz CT molecular complexity index is 533. The highest BCUT2D eigenvalue weighted by Gasteiger charge is 2.34. The molecule has 0 radical (unpaired) electrons. The molecule has 1 atom stereocenters. The lowest BCUT2D eigenvalue weighted by Gasteiger charge is -2.16. The molecule has 1 heterocycles. The summed E-state index contributed by atoms with van der Waals surface area (Å²) in [5, 5.41) is 3.21. The average molecular weight is 277 g/mol. The van der Waals surface area contributed by atoms with Crippen molar-refractivity contribution in [3.8, 4) is 12.3 Å². The van der Waals surface area contributed by atoms with E-state index < -0.39 is 0 Å². The van der Waals surface area contributed by atoms with Crippen LogP contribution in [0.5, 0.6) is 0 Å². The molecule has 0 aliphatic carbocycles. The van der Waals surface area contributed by atoms with Gasteiger partial charge in [0.25, 0.3) is 0 Å². The van der Waals surface area contributed by atoms with Crippen molar-refractivity contribution < 1.29 is 9.59 Å². The van der Waals surface area contributed by atoms with Gasteiger partial charge in [-0.1, -0.05) is 17.5 Å². The van der Waals surface area contributed by atoms with Crippen LogP contribution in [-0.4, -0.2) is 24.9 Å². The van der Waals surface area contributed by atoms with Gasteiger partial charge in [0.05, 0.1) is 12.5 Å². The molecule has 1 aromatic rings. The van der Waals surface area contributed by atoms with Gasteiger partial charge in [0.15, 0.2) is 0 Å². The first kappa shape index (κ1) is 13.4. The molecule has 1 saturated heterocycles. The van der Waals surface area contributed by atoms with Gasteiger partial charge in [-0.3, -0.25) is 9.59 Å². The molecule has 1 unspecified atom stereocenters. The topological polar surface area (TPSA) is 49.4 Å².